The van der Waals surface area contributed by atoms with Gasteiger partial charge in [-0.2, -0.15) is 0 Å². The topological polar surface area (TPSA) is 6.48 Å². The number of rotatable bonds is 10. The van der Waals surface area contributed by atoms with Gasteiger partial charge in [-0.05, 0) is 130 Å². The number of anilines is 6. The highest BCUT2D eigenvalue weighted by Crippen LogP contribution is 2.41. The molecule has 0 fully saturated rings. The molecule has 0 unspecified atom stereocenters. The highest BCUT2D eigenvalue weighted by atomic mass is 32.1. The molecule has 0 saturated heterocycles. The number of hydrogen-bond donors (Lipinski definition) is 0. The molecule has 2 aromatic heterocycles. The number of para-hydroxylation sites is 2. The van der Waals surface area contributed by atoms with Gasteiger partial charge in [-0.1, -0.05) is 133 Å². The summed E-state index contributed by atoms with van der Waals surface area (Å²) in [4.78, 5) is 8.46. The van der Waals surface area contributed by atoms with E-state index in [2.05, 4.69) is 240 Å². The minimum Gasteiger partial charge on any atom is -0.311 e. The summed E-state index contributed by atoms with van der Waals surface area (Å²) in [6.07, 6.45) is 0. The highest BCUT2D eigenvalue weighted by Gasteiger charge is 2.16. The van der Waals surface area contributed by atoms with Crippen molar-refractivity contribution in [2.24, 2.45) is 0 Å². The van der Waals surface area contributed by atoms with Crippen LogP contribution in [0.25, 0.3) is 52.5 Å². The Morgan fingerprint density at radius 3 is 1.03 bits per heavy atom. The molecule has 0 spiro atoms. The molecule has 0 radical (unpaired) electrons. The summed E-state index contributed by atoms with van der Waals surface area (Å²) in [7, 11) is 0. The molecule has 10 rings (SSSR count). The van der Waals surface area contributed by atoms with Crippen molar-refractivity contribution in [1.29, 1.82) is 0 Å². The maximum Gasteiger partial charge on any atom is 0.0462 e. The van der Waals surface area contributed by atoms with Crippen LogP contribution in [0.1, 0.15) is 0 Å². The molecule has 8 aromatic carbocycles. The van der Waals surface area contributed by atoms with Crippen molar-refractivity contribution in [2.75, 3.05) is 9.80 Å². The lowest BCUT2D eigenvalue weighted by atomic mass is 10.0. The van der Waals surface area contributed by atoms with Gasteiger partial charge in [0.1, 0.15) is 0 Å². The second-order valence-corrected chi connectivity index (χ2v) is 16.4. The third-order valence-corrected chi connectivity index (χ3v) is 12.9. The fraction of sp³-hybridized carbons (Fsp3) is 0. The number of fused-ring (bicyclic) bond motifs is 1. The molecule has 0 saturated carbocycles. The molecule has 2 heterocycles. The molecule has 2 nitrogen and oxygen atoms in total. The molecule has 0 bridgehead atoms. The van der Waals surface area contributed by atoms with Gasteiger partial charge in [0.05, 0.1) is 0 Å². The van der Waals surface area contributed by atoms with Crippen LogP contribution in [0.15, 0.2) is 231 Å². The first kappa shape index (κ1) is 35.4. The van der Waals surface area contributed by atoms with Gasteiger partial charge in [-0.25, -0.2) is 0 Å². The lowest BCUT2D eigenvalue weighted by Crippen LogP contribution is -2.10. The third kappa shape index (κ3) is 7.23. The minimum absolute atomic E-state index is 1.10. The molecule has 0 amide bonds. The van der Waals surface area contributed by atoms with Crippen molar-refractivity contribution in [2.45, 2.75) is 0 Å². The Morgan fingerprint density at radius 1 is 0.241 bits per heavy atom. The van der Waals surface area contributed by atoms with Crippen molar-refractivity contribution in [3.05, 3.63) is 231 Å². The summed E-state index contributed by atoms with van der Waals surface area (Å²) in [6, 6.07) is 82.9. The molecule has 4 heteroatoms. The first-order valence-corrected chi connectivity index (χ1v) is 21.1. The van der Waals surface area contributed by atoms with Crippen LogP contribution in [0.3, 0.4) is 0 Å². The molecule has 0 aliphatic carbocycles. The standard InChI is InChI=1S/C54H38N2S2/c1-4-12-41(13-5-1)52-36-37-53(57-52)42-24-32-49(33-25-42)56(50-34-26-43(27-35-50)54-38-44-14-10-11-19-51(44)58-54)48-30-22-40(23-31-48)39-20-28-47(29-21-39)55(45-15-6-2-7-16-45)46-17-8-3-9-18-46/h1-38H. The number of thiophene rings is 2. The first-order chi connectivity index (χ1) is 28.7. The van der Waals surface area contributed by atoms with Gasteiger partial charge >= 0.3 is 0 Å². The van der Waals surface area contributed by atoms with E-state index in [0.29, 0.717) is 0 Å². The monoisotopic (exact) mass is 778 g/mol. The van der Waals surface area contributed by atoms with Crippen LogP contribution < -0.4 is 9.80 Å². The summed E-state index contributed by atoms with van der Waals surface area (Å²) in [6.45, 7) is 0. The van der Waals surface area contributed by atoms with E-state index in [9.17, 15) is 0 Å². The summed E-state index contributed by atoms with van der Waals surface area (Å²) < 4.78 is 1.31. The van der Waals surface area contributed by atoms with Crippen molar-refractivity contribution < 1.29 is 0 Å². The Balaban J connectivity index is 0.966. The number of benzene rings is 8. The maximum atomic E-state index is 2.35. The summed E-state index contributed by atoms with van der Waals surface area (Å²) >= 11 is 3.67. The van der Waals surface area contributed by atoms with Gasteiger partial charge in [0, 0.05) is 53.5 Å². The van der Waals surface area contributed by atoms with Gasteiger partial charge in [0.25, 0.3) is 0 Å². The number of nitrogens with zero attached hydrogens (tertiary/aromatic N) is 2. The Labute approximate surface area is 347 Å². The van der Waals surface area contributed by atoms with Crippen LogP contribution >= 0.6 is 22.7 Å². The van der Waals surface area contributed by atoms with Gasteiger partial charge in [0.2, 0.25) is 0 Å². The lowest BCUT2D eigenvalue weighted by molar-refractivity contribution is 1.28. The molecule has 10 aromatic rings. The van der Waals surface area contributed by atoms with Crippen molar-refractivity contribution in [3.63, 3.8) is 0 Å². The molecular formula is C54H38N2S2. The maximum absolute atomic E-state index is 2.35. The van der Waals surface area contributed by atoms with Crippen molar-refractivity contribution in [3.8, 4) is 42.4 Å². The van der Waals surface area contributed by atoms with E-state index in [4.69, 9.17) is 0 Å². The predicted octanol–water partition coefficient (Wildman–Crippen LogP) is 16.6. The summed E-state index contributed by atoms with van der Waals surface area (Å²) in [5.74, 6) is 0. The van der Waals surface area contributed by atoms with E-state index in [1.807, 2.05) is 22.7 Å². The van der Waals surface area contributed by atoms with Crippen LogP contribution in [-0.4, -0.2) is 0 Å². The zero-order valence-electron chi connectivity index (χ0n) is 31.7. The zero-order valence-corrected chi connectivity index (χ0v) is 33.3. The van der Waals surface area contributed by atoms with Gasteiger partial charge < -0.3 is 9.80 Å². The van der Waals surface area contributed by atoms with E-state index in [1.165, 1.54) is 52.5 Å². The first-order valence-electron chi connectivity index (χ1n) is 19.5. The SMILES string of the molecule is c1ccc(-c2ccc(-c3ccc(N(c4ccc(-c5ccc(N(c6ccccc6)c6ccccc6)cc5)cc4)c4ccc(-c5cc6ccccc6s5)cc4)cc3)s2)cc1. The van der Waals surface area contributed by atoms with E-state index in [-0.39, 0.29) is 0 Å². The molecule has 0 atom stereocenters. The minimum atomic E-state index is 1.10. The average molecular weight is 779 g/mol. The Morgan fingerprint density at radius 2 is 0.586 bits per heavy atom. The molecule has 276 valence electrons. The average Bonchev–Trinajstić information content (AvgIpc) is 3.98. The van der Waals surface area contributed by atoms with Crippen LogP contribution in [-0.2, 0) is 0 Å². The highest BCUT2D eigenvalue weighted by molar-refractivity contribution is 7.22. The van der Waals surface area contributed by atoms with Crippen LogP contribution in [0.2, 0.25) is 0 Å². The quantitative estimate of drug-likeness (QED) is 0.136. The van der Waals surface area contributed by atoms with Gasteiger partial charge in [0.15, 0.2) is 0 Å². The van der Waals surface area contributed by atoms with Crippen LogP contribution in [0, 0.1) is 0 Å². The Bertz CT molecular complexity index is 2830. The second-order valence-electron chi connectivity index (χ2n) is 14.2. The normalized spacial score (nSPS) is 11.1. The van der Waals surface area contributed by atoms with Crippen LogP contribution in [0.4, 0.5) is 34.1 Å². The lowest BCUT2D eigenvalue weighted by Gasteiger charge is -2.26. The third-order valence-electron chi connectivity index (χ3n) is 10.5. The molecule has 0 aliphatic heterocycles. The van der Waals surface area contributed by atoms with Gasteiger partial charge in [-0.15, -0.1) is 22.7 Å². The van der Waals surface area contributed by atoms with E-state index in [0.717, 1.165) is 34.1 Å². The molecule has 58 heavy (non-hydrogen) atoms. The Kier molecular flexibility index (Phi) is 9.70. The van der Waals surface area contributed by atoms with Crippen molar-refractivity contribution >= 4 is 66.9 Å². The van der Waals surface area contributed by atoms with E-state index < -0.39 is 0 Å². The molecule has 0 aliphatic rings. The number of hydrogen-bond acceptors (Lipinski definition) is 4. The van der Waals surface area contributed by atoms with Gasteiger partial charge in [-0.3, -0.25) is 0 Å². The predicted molar refractivity (Wildman–Crippen MR) is 251 cm³/mol. The summed E-state index contributed by atoms with van der Waals surface area (Å²) in [5.41, 5.74) is 12.7. The van der Waals surface area contributed by atoms with Crippen LogP contribution in [0.5, 0.6) is 0 Å². The summed E-state index contributed by atoms with van der Waals surface area (Å²) in [5, 5.41) is 1.29. The Hall–Kier alpha value is -6.98. The molecule has 0 N–H and O–H groups in total. The second kappa shape index (κ2) is 15.9. The van der Waals surface area contributed by atoms with E-state index in [1.54, 1.807) is 0 Å². The fourth-order valence-electron chi connectivity index (χ4n) is 7.58. The molecular weight excluding hydrogens is 741 g/mol. The largest absolute Gasteiger partial charge is 0.311 e. The fourth-order valence-corrected chi connectivity index (χ4v) is 9.66. The smallest absolute Gasteiger partial charge is 0.0462 e. The van der Waals surface area contributed by atoms with Crippen molar-refractivity contribution in [1.82, 2.24) is 0 Å². The zero-order chi connectivity index (χ0) is 38.7. The van der Waals surface area contributed by atoms with E-state index >= 15 is 0 Å².